The van der Waals surface area contributed by atoms with Crippen LogP contribution in [0.1, 0.15) is 44.2 Å². The highest BCUT2D eigenvalue weighted by molar-refractivity contribution is 7.90. The van der Waals surface area contributed by atoms with Crippen molar-refractivity contribution in [3.63, 3.8) is 0 Å². The Kier molecular flexibility index (Phi) is 6.59. The first-order chi connectivity index (χ1) is 14.2. The van der Waals surface area contributed by atoms with Crippen molar-refractivity contribution in [1.29, 1.82) is 5.26 Å². The zero-order valence-electron chi connectivity index (χ0n) is 17.5. The fourth-order valence-electron chi connectivity index (χ4n) is 3.81. The molecular weight excluding hydrogens is 398 g/mol. The van der Waals surface area contributed by atoms with Crippen molar-refractivity contribution in [3.05, 3.63) is 59.7 Å². The van der Waals surface area contributed by atoms with Crippen molar-refractivity contribution < 1.29 is 13.2 Å². The van der Waals surface area contributed by atoms with Crippen LogP contribution >= 0.6 is 0 Å². The molecule has 2 atom stereocenters. The first-order valence-corrected chi connectivity index (χ1v) is 11.6. The summed E-state index contributed by atoms with van der Waals surface area (Å²) >= 11 is 0. The zero-order valence-corrected chi connectivity index (χ0v) is 18.3. The van der Waals surface area contributed by atoms with E-state index in [9.17, 15) is 18.5 Å². The number of amides is 1. The van der Waals surface area contributed by atoms with E-state index in [-0.39, 0.29) is 17.9 Å². The Bertz CT molecular complexity index is 1060. The summed E-state index contributed by atoms with van der Waals surface area (Å²) in [6, 6.07) is 17.2. The number of rotatable bonds is 5. The number of nitrogens with one attached hydrogen (secondary N) is 1. The van der Waals surface area contributed by atoms with E-state index in [2.05, 4.69) is 10.8 Å². The van der Waals surface area contributed by atoms with Crippen LogP contribution in [-0.4, -0.2) is 43.6 Å². The van der Waals surface area contributed by atoms with Gasteiger partial charge in [-0.2, -0.15) is 5.26 Å². The minimum atomic E-state index is -3.43. The summed E-state index contributed by atoms with van der Waals surface area (Å²) in [4.78, 5) is 13.7. The summed E-state index contributed by atoms with van der Waals surface area (Å²) in [5, 5.41) is 8.83. The van der Waals surface area contributed by atoms with Crippen LogP contribution in [-0.2, 0) is 14.8 Å². The minimum Gasteiger partial charge on any atom is -0.342 e. The molecule has 1 fully saturated rings. The average molecular weight is 426 g/mol. The fraction of sp³-hybridized carbons (Fsp3) is 0.391. The highest BCUT2D eigenvalue weighted by Gasteiger charge is 2.34. The summed E-state index contributed by atoms with van der Waals surface area (Å²) in [7, 11) is -3.43. The molecule has 0 saturated carbocycles. The van der Waals surface area contributed by atoms with Gasteiger partial charge in [-0.15, -0.1) is 0 Å². The van der Waals surface area contributed by atoms with Crippen LogP contribution in [0.3, 0.4) is 0 Å². The highest BCUT2D eigenvalue weighted by Crippen LogP contribution is 2.31. The number of sulfonamides is 1. The Morgan fingerprint density at radius 3 is 2.43 bits per heavy atom. The summed E-state index contributed by atoms with van der Waals surface area (Å²) < 4.78 is 27.8. The van der Waals surface area contributed by atoms with Crippen molar-refractivity contribution >= 4 is 15.9 Å². The van der Waals surface area contributed by atoms with E-state index >= 15 is 0 Å². The maximum atomic E-state index is 12.5. The number of piperidine rings is 1. The van der Waals surface area contributed by atoms with E-state index in [4.69, 9.17) is 0 Å². The molecule has 1 aliphatic heterocycles. The van der Waals surface area contributed by atoms with Gasteiger partial charge in [-0.3, -0.25) is 4.79 Å². The van der Waals surface area contributed by atoms with Crippen LogP contribution in [0.2, 0.25) is 0 Å². The van der Waals surface area contributed by atoms with Crippen LogP contribution in [0.5, 0.6) is 0 Å². The first kappa shape index (κ1) is 22.0. The van der Waals surface area contributed by atoms with Crippen molar-refractivity contribution in [2.75, 3.05) is 13.1 Å². The number of nitriles is 1. The summed E-state index contributed by atoms with van der Waals surface area (Å²) in [5.41, 5.74) is 3.36. The number of hydrogen-bond acceptors (Lipinski definition) is 4. The lowest BCUT2D eigenvalue weighted by Gasteiger charge is -2.39. The smallest absolute Gasteiger partial charge is 0.219 e. The molecule has 1 saturated heterocycles. The second-order valence-corrected chi connectivity index (χ2v) is 10.2. The molecule has 158 valence electrons. The molecule has 0 radical (unpaired) electrons. The molecule has 0 aromatic heterocycles. The van der Waals surface area contributed by atoms with E-state index < -0.39 is 15.3 Å². The van der Waals surface area contributed by atoms with Crippen molar-refractivity contribution in [1.82, 2.24) is 9.62 Å². The van der Waals surface area contributed by atoms with Gasteiger partial charge in [-0.05, 0) is 43.0 Å². The van der Waals surface area contributed by atoms with Crippen LogP contribution in [0.15, 0.2) is 48.5 Å². The maximum absolute atomic E-state index is 12.5. The topological polar surface area (TPSA) is 90.3 Å². The molecule has 1 N–H and O–H groups in total. The molecule has 1 amide bonds. The standard InChI is InChI=1S/C23H27N3O3S/c1-16(2)30(28,29)25-23-12-13-26(17(3)27)15-22(23)19-10-8-18(9-11-19)21-7-5-4-6-20(21)14-24/h4-11,16,22-23,25H,12-13,15H2,1-3H3/t22-,23+/m1/s1. The molecule has 0 spiro atoms. The van der Waals surface area contributed by atoms with Crippen molar-refractivity contribution in [2.45, 2.75) is 44.4 Å². The van der Waals surface area contributed by atoms with Crippen LogP contribution in [0.25, 0.3) is 11.1 Å². The molecule has 0 bridgehead atoms. The van der Waals surface area contributed by atoms with Crippen molar-refractivity contribution in [2.24, 2.45) is 0 Å². The van der Waals surface area contributed by atoms with Crippen molar-refractivity contribution in [3.8, 4) is 17.2 Å². The predicted octanol–water partition coefficient (Wildman–Crippen LogP) is 3.26. The monoisotopic (exact) mass is 425 g/mol. The van der Waals surface area contributed by atoms with Gasteiger partial charge in [-0.1, -0.05) is 42.5 Å². The lowest BCUT2D eigenvalue weighted by atomic mass is 9.85. The van der Waals surface area contributed by atoms with Gasteiger partial charge in [0, 0.05) is 32.0 Å². The highest BCUT2D eigenvalue weighted by atomic mass is 32.2. The lowest BCUT2D eigenvalue weighted by molar-refractivity contribution is -0.130. The average Bonchev–Trinajstić information content (AvgIpc) is 2.73. The van der Waals surface area contributed by atoms with E-state index in [1.54, 1.807) is 24.8 Å². The quantitative estimate of drug-likeness (QED) is 0.796. The molecule has 2 aromatic rings. The molecule has 2 aromatic carbocycles. The van der Waals surface area contributed by atoms with Crippen LogP contribution in [0.4, 0.5) is 0 Å². The molecule has 7 heteroatoms. The molecule has 0 unspecified atom stereocenters. The number of benzene rings is 2. The Morgan fingerprint density at radius 2 is 1.83 bits per heavy atom. The number of likely N-dealkylation sites (tertiary alicyclic amines) is 1. The second-order valence-electron chi connectivity index (χ2n) is 7.96. The Hall–Kier alpha value is -2.69. The van der Waals surface area contributed by atoms with Gasteiger partial charge in [0.15, 0.2) is 0 Å². The molecule has 30 heavy (non-hydrogen) atoms. The van der Waals surface area contributed by atoms with Crippen LogP contribution < -0.4 is 4.72 Å². The summed E-state index contributed by atoms with van der Waals surface area (Å²) in [5.74, 6) is -0.152. The van der Waals surface area contributed by atoms with Gasteiger partial charge < -0.3 is 4.90 Å². The largest absolute Gasteiger partial charge is 0.342 e. The second kappa shape index (κ2) is 8.99. The fourth-order valence-corrected chi connectivity index (χ4v) is 4.78. The Balaban J connectivity index is 1.92. The summed E-state index contributed by atoms with van der Waals surface area (Å²) in [6.45, 7) is 5.85. The molecule has 1 aliphatic rings. The third-order valence-electron chi connectivity index (χ3n) is 5.69. The molecule has 6 nitrogen and oxygen atoms in total. The predicted molar refractivity (Wildman–Crippen MR) is 117 cm³/mol. The van der Waals surface area contributed by atoms with E-state index in [1.807, 2.05) is 42.5 Å². The van der Waals surface area contributed by atoms with Gasteiger partial charge >= 0.3 is 0 Å². The molecule has 3 rings (SSSR count). The zero-order chi connectivity index (χ0) is 21.9. The van der Waals surface area contributed by atoms with E-state index in [0.717, 1.165) is 16.7 Å². The Morgan fingerprint density at radius 1 is 1.17 bits per heavy atom. The number of carbonyl (C=O) groups excluding carboxylic acids is 1. The third kappa shape index (κ3) is 4.72. The van der Waals surface area contributed by atoms with Gasteiger partial charge in [0.2, 0.25) is 15.9 Å². The van der Waals surface area contributed by atoms with Gasteiger partial charge in [0.25, 0.3) is 0 Å². The lowest BCUT2D eigenvalue weighted by Crippen LogP contribution is -2.51. The number of hydrogen-bond donors (Lipinski definition) is 1. The van der Waals surface area contributed by atoms with E-state index in [0.29, 0.717) is 25.1 Å². The molecule has 0 aliphatic carbocycles. The SMILES string of the molecule is CC(=O)N1CC[C@H](NS(=O)(=O)C(C)C)[C@@H](c2ccc(-c3ccccc3C#N)cc2)C1. The minimum absolute atomic E-state index is 0.00951. The number of carbonyl (C=O) groups is 1. The van der Waals surface area contributed by atoms with E-state index in [1.165, 1.54) is 6.92 Å². The van der Waals surface area contributed by atoms with Gasteiger partial charge in [0.05, 0.1) is 16.9 Å². The number of nitrogens with zero attached hydrogens (tertiary/aromatic N) is 2. The first-order valence-electron chi connectivity index (χ1n) is 10.1. The van der Waals surface area contributed by atoms with Gasteiger partial charge in [0.1, 0.15) is 0 Å². The summed E-state index contributed by atoms with van der Waals surface area (Å²) in [6.07, 6.45) is 0.565. The third-order valence-corrected chi connectivity index (χ3v) is 7.56. The normalized spacial score (nSPS) is 19.5. The molecule has 1 heterocycles. The molecular formula is C23H27N3O3S. The van der Waals surface area contributed by atoms with Crippen LogP contribution in [0, 0.1) is 11.3 Å². The maximum Gasteiger partial charge on any atom is 0.219 e. The van der Waals surface area contributed by atoms with Gasteiger partial charge in [-0.25, -0.2) is 13.1 Å². The Labute approximate surface area is 178 Å².